The topological polar surface area (TPSA) is 175 Å². The number of methoxy groups -OCH3 is 2. The number of fused-ring (bicyclic) bond motifs is 1. The molecule has 62 heavy (non-hydrogen) atoms. The number of benzene rings is 3. The van der Waals surface area contributed by atoms with Crippen molar-refractivity contribution in [1.29, 1.82) is 0 Å². The number of hydrogen-bond acceptors (Lipinski definition) is 8. The van der Waals surface area contributed by atoms with Crippen molar-refractivity contribution in [2.45, 2.75) is 78.3 Å². The summed E-state index contributed by atoms with van der Waals surface area (Å²) in [6, 6.07) is 20.8. The zero-order valence-corrected chi connectivity index (χ0v) is 36.3. The first-order chi connectivity index (χ1) is 29.9. The van der Waals surface area contributed by atoms with Crippen LogP contribution in [0.4, 0.5) is 9.59 Å². The van der Waals surface area contributed by atoms with Gasteiger partial charge in [0.2, 0.25) is 11.8 Å². The number of carbonyl (C=O) groups excluding carboxylic acids is 4. The maximum absolute atomic E-state index is 13.8. The fraction of sp³-hybridized carbons (Fsp3) is 0.417. The lowest BCUT2D eigenvalue weighted by molar-refractivity contribution is -0.139. The third-order valence-corrected chi connectivity index (χ3v) is 12.1. The lowest BCUT2D eigenvalue weighted by Gasteiger charge is -2.37. The number of imidazole rings is 2. The molecule has 2 N–H and O–H groups in total. The molecule has 2 aromatic heterocycles. The zero-order valence-electron chi connectivity index (χ0n) is 36.3. The van der Waals surface area contributed by atoms with Gasteiger partial charge in [-0.05, 0) is 90.0 Å². The molecule has 4 amide bonds. The molecule has 2 aliphatic heterocycles. The number of ether oxygens (including phenoxy) is 2. The van der Waals surface area contributed by atoms with Crippen molar-refractivity contribution < 1.29 is 28.7 Å². The van der Waals surface area contributed by atoms with E-state index < -0.39 is 24.0 Å². The molecular formula is C48H56N8O6. The van der Waals surface area contributed by atoms with Crippen LogP contribution in [0.2, 0.25) is 0 Å². The maximum Gasteiger partial charge on any atom is 0.432 e. The summed E-state index contributed by atoms with van der Waals surface area (Å²) < 4.78 is 9.31. The third-order valence-electron chi connectivity index (χ3n) is 12.1. The SMILES string of the molecule is COC(=O)/N=C/C(C(=O)N1CCCC[C@H]1c1ncc(-c2ccc(-c3ccc4cc(-c5cnc([C@@H]6CCCCN6C(=O)C(/C=N/C(=O)OC)C(C)C)[nH]5)ccc4c3)cc2)[nH]1)C(C)C. The fourth-order valence-electron chi connectivity index (χ4n) is 8.51. The average molecular weight is 841 g/mol. The summed E-state index contributed by atoms with van der Waals surface area (Å²) >= 11 is 0. The van der Waals surface area contributed by atoms with Gasteiger partial charge in [0, 0.05) is 31.1 Å². The highest BCUT2D eigenvalue weighted by atomic mass is 16.5. The van der Waals surface area contributed by atoms with Gasteiger partial charge >= 0.3 is 12.2 Å². The van der Waals surface area contributed by atoms with Crippen molar-refractivity contribution >= 4 is 47.2 Å². The number of aliphatic imine (C=N–C) groups is 2. The summed E-state index contributed by atoms with van der Waals surface area (Å²) in [5.41, 5.74) is 5.91. The first-order valence-corrected chi connectivity index (χ1v) is 21.6. The van der Waals surface area contributed by atoms with Crippen molar-refractivity contribution in [3.05, 3.63) is 84.7 Å². The molecule has 2 saturated heterocycles. The Morgan fingerprint density at radius 1 is 0.613 bits per heavy atom. The van der Waals surface area contributed by atoms with Crippen LogP contribution in [0, 0.1) is 23.7 Å². The largest absolute Gasteiger partial charge is 0.451 e. The lowest BCUT2D eigenvalue weighted by Crippen LogP contribution is -2.44. The molecule has 3 aromatic carbocycles. The molecular weight excluding hydrogens is 785 g/mol. The number of nitrogens with zero attached hydrogens (tertiary/aromatic N) is 6. The van der Waals surface area contributed by atoms with Gasteiger partial charge in [-0.25, -0.2) is 19.6 Å². The average Bonchev–Trinajstić information content (AvgIpc) is 4.00. The molecule has 4 atom stereocenters. The molecule has 0 bridgehead atoms. The van der Waals surface area contributed by atoms with Crippen LogP contribution in [0.5, 0.6) is 0 Å². The van der Waals surface area contributed by atoms with Crippen molar-refractivity contribution in [3.8, 4) is 33.6 Å². The molecule has 0 aliphatic carbocycles. The van der Waals surface area contributed by atoms with E-state index in [0.717, 1.165) is 94.6 Å². The van der Waals surface area contributed by atoms with E-state index >= 15 is 0 Å². The summed E-state index contributed by atoms with van der Waals surface area (Å²) in [5.74, 6) is 0.150. The van der Waals surface area contributed by atoms with Gasteiger partial charge in [-0.1, -0.05) is 76.2 Å². The quantitative estimate of drug-likeness (QED) is 0.124. The Labute approximate surface area is 362 Å². The molecule has 324 valence electrons. The number of piperidine rings is 2. The van der Waals surface area contributed by atoms with Gasteiger partial charge in [-0.2, -0.15) is 9.98 Å². The van der Waals surface area contributed by atoms with E-state index in [9.17, 15) is 19.2 Å². The normalized spacial score (nSPS) is 18.2. The Bertz CT molecular complexity index is 2450. The van der Waals surface area contributed by atoms with Gasteiger partial charge in [0.1, 0.15) is 11.6 Å². The minimum absolute atomic E-state index is 0.0489. The van der Waals surface area contributed by atoms with E-state index in [0.29, 0.717) is 13.1 Å². The van der Waals surface area contributed by atoms with Gasteiger partial charge < -0.3 is 29.2 Å². The second kappa shape index (κ2) is 19.5. The fourth-order valence-corrected chi connectivity index (χ4v) is 8.51. The van der Waals surface area contributed by atoms with E-state index in [1.54, 1.807) is 0 Å². The summed E-state index contributed by atoms with van der Waals surface area (Å²) in [6.07, 6.45) is 10.4. The Hall–Kier alpha value is -6.44. The highest BCUT2D eigenvalue weighted by Gasteiger charge is 2.36. The summed E-state index contributed by atoms with van der Waals surface area (Å²) in [4.78, 5) is 79.0. The maximum atomic E-state index is 13.8. The van der Waals surface area contributed by atoms with Crippen molar-refractivity contribution in [2.75, 3.05) is 27.3 Å². The number of likely N-dealkylation sites (tertiary alicyclic amines) is 2. The van der Waals surface area contributed by atoms with Crippen LogP contribution >= 0.6 is 0 Å². The zero-order chi connectivity index (χ0) is 43.9. The molecule has 0 saturated carbocycles. The van der Waals surface area contributed by atoms with E-state index in [1.165, 1.54) is 26.6 Å². The minimum Gasteiger partial charge on any atom is -0.451 e. The molecule has 14 nitrogen and oxygen atoms in total. The number of carbonyl (C=O) groups is 4. The second-order valence-corrected chi connectivity index (χ2v) is 16.8. The molecule has 7 rings (SSSR count). The van der Waals surface area contributed by atoms with Crippen LogP contribution in [-0.2, 0) is 19.1 Å². The highest BCUT2D eigenvalue weighted by Crippen LogP contribution is 2.36. The molecule has 2 aliphatic rings. The van der Waals surface area contributed by atoms with Gasteiger partial charge in [0.05, 0.1) is 61.9 Å². The third kappa shape index (κ3) is 9.69. The summed E-state index contributed by atoms with van der Waals surface area (Å²) in [6.45, 7) is 9.01. The monoisotopic (exact) mass is 840 g/mol. The highest BCUT2D eigenvalue weighted by molar-refractivity contribution is 5.98. The molecule has 14 heteroatoms. The number of aromatic nitrogens is 4. The van der Waals surface area contributed by atoms with Gasteiger partial charge in [-0.3, -0.25) is 9.59 Å². The minimum atomic E-state index is -0.723. The Balaban J connectivity index is 1.04. The second-order valence-electron chi connectivity index (χ2n) is 16.8. The number of nitrogens with one attached hydrogen (secondary N) is 2. The molecule has 5 aromatic rings. The Morgan fingerprint density at radius 3 is 1.50 bits per heavy atom. The Kier molecular flexibility index (Phi) is 13.7. The predicted octanol–water partition coefficient (Wildman–Crippen LogP) is 9.61. The standard InChI is InChI=1S/C48H56N8O6/c1-29(2)37(25-51-47(59)61-5)45(57)55-21-9-7-11-41(55)43-49-27-39(53-43)32-15-13-31(14-16-32)33-17-18-35-24-36(20-19-34(35)23-33)40-28-50-44(54-40)42-12-8-10-22-56(42)46(58)38(30(3)4)26-52-48(60)62-6/h13-20,23-30,37-38,41-42H,7-12,21-22H2,1-6H3,(H,49,53)(H,50,54)/b51-25+,52-26+/t37?,38?,41-,42-/m0/s1. The number of H-pyrrole nitrogens is 2. The van der Waals surface area contributed by atoms with Crippen LogP contribution in [0.3, 0.4) is 0 Å². The van der Waals surface area contributed by atoms with Gasteiger partial charge in [0.15, 0.2) is 0 Å². The van der Waals surface area contributed by atoms with Gasteiger partial charge in [-0.15, -0.1) is 0 Å². The number of amides is 4. The number of rotatable bonds is 11. The molecule has 4 heterocycles. The summed E-state index contributed by atoms with van der Waals surface area (Å²) in [5, 5.41) is 2.20. The van der Waals surface area contributed by atoms with Crippen LogP contribution in [0.1, 0.15) is 90.0 Å². The van der Waals surface area contributed by atoms with Crippen LogP contribution < -0.4 is 0 Å². The van der Waals surface area contributed by atoms with E-state index in [1.807, 2.05) is 49.9 Å². The number of hydrogen-bond donors (Lipinski definition) is 2. The predicted molar refractivity (Wildman–Crippen MR) is 240 cm³/mol. The van der Waals surface area contributed by atoms with Crippen LogP contribution in [-0.4, -0.2) is 93.5 Å². The first-order valence-electron chi connectivity index (χ1n) is 21.6. The van der Waals surface area contributed by atoms with E-state index in [2.05, 4.69) is 90.1 Å². The number of aromatic amines is 2. The first kappa shape index (κ1) is 43.6. The molecule has 0 radical (unpaired) electrons. The lowest BCUT2D eigenvalue weighted by atomic mass is 9.92. The molecule has 0 spiro atoms. The smallest absolute Gasteiger partial charge is 0.432 e. The molecule has 2 unspecified atom stereocenters. The van der Waals surface area contributed by atoms with Crippen LogP contribution in [0.15, 0.2) is 83.0 Å². The van der Waals surface area contributed by atoms with E-state index in [-0.39, 0.29) is 35.7 Å². The van der Waals surface area contributed by atoms with Crippen molar-refractivity contribution in [3.63, 3.8) is 0 Å². The van der Waals surface area contributed by atoms with Crippen LogP contribution in [0.25, 0.3) is 44.4 Å². The van der Waals surface area contributed by atoms with E-state index in [4.69, 9.17) is 9.97 Å². The van der Waals surface area contributed by atoms with Crippen molar-refractivity contribution in [1.82, 2.24) is 29.7 Å². The molecule has 2 fully saturated rings. The van der Waals surface area contributed by atoms with Gasteiger partial charge in [0.25, 0.3) is 0 Å². The van der Waals surface area contributed by atoms with Crippen molar-refractivity contribution in [2.24, 2.45) is 33.7 Å². The Morgan fingerprint density at radius 2 is 1.03 bits per heavy atom. The summed E-state index contributed by atoms with van der Waals surface area (Å²) in [7, 11) is 2.54.